The zero-order valence-electron chi connectivity index (χ0n) is 12.4. The van der Waals surface area contributed by atoms with E-state index < -0.39 is 0 Å². The molecule has 1 aliphatic rings. The van der Waals surface area contributed by atoms with Crippen molar-refractivity contribution >= 4 is 23.5 Å². The molecule has 1 aromatic rings. The molecule has 0 aromatic carbocycles. The number of carbonyl (C=O) groups is 1. The Morgan fingerprint density at radius 2 is 2.40 bits per heavy atom. The molecule has 20 heavy (non-hydrogen) atoms. The van der Waals surface area contributed by atoms with Gasteiger partial charge in [0.15, 0.2) is 0 Å². The van der Waals surface area contributed by atoms with E-state index in [9.17, 15) is 4.79 Å². The number of hydrogen-bond acceptors (Lipinski definition) is 4. The summed E-state index contributed by atoms with van der Waals surface area (Å²) in [6, 6.07) is 3.95. The number of carbonyl (C=O) groups excluding carboxylic acids is 1. The highest BCUT2D eigenvalue weighted by molar-refractivity contribution is 7.98. The van der Waals surface area contributed by atoms with Crippen LogP contribution in [0.5, 0.6) is 0 Å². The Bertz CT molecular complexity index is 464. The molecule has 0 bridgehead atoms. The van der Waals surface area contributed by atoms with E-state index in [0.717, 1.165) is 25.3 Å². The van der Waals surface area contributed by atoms with E-state index in [0.29, 0.717) is 17.3 Å². The molecule has 1 N–H and O–H groups in total. The summed E-state index contributed by atoms with van der Waals surface area (Å²) >= 11 is 1.86. The Hall–Kier alpha value is -1.23. The average molecular weight is 293 g/mol. The molecular formula is C15H23N3OS. The number of rotatable bonds is 5. The molecule has 1 aromatic heterocycles. The lowest BCUT2D eigenvalue weighted by Crippen LogP contribution is -2.30. The van der Waals surface area contributed by atoms with Gasteiger partial charge in [0.2, 0.25) is 0 Å². The molecule has 1 saturated heterocycles. The van der Waals surface area contributed by atoms with Crippen LogP contribution in [-0.2, 0) is 0 Å². The van der Waals surface area contributed by atoms with E-state index in [1.807, 2.05) is 42.6 Å². The number of amides is 1. The molecule has 1 aliphatic heterocycles. The predicted octanol–water partition coefficient (Wildman–Crippen LogP) is 2.73. The summed E-state index contributed by atoms with van der Waals surface area (Å²) in [4.78, 5) is 18.9. The number of hydrogen-bond donors (Lipinski definition) is 1. The van der Waals surface area contributed by atoms with Crippen LogP contribution in [0.2, 0.25) is 0 Å². The second-order valence-electron chi connectivity index (χ2n) is 5.56. The molecule has 0 unspecified atom stereocenters. The first-order valence-electron chi connectivity index (χ1n) is 7.11. The highest BCUT2D eigenvalue weighted by Crippen LogP contribution is 2.23. The number of thioether (sulfide) groups is 1. The van der Waals surface area contributed by atoms with Gasteiger partial charge in [-0.25, -0.2) is 4.98 Å². The Labute approximate surface area is 125 Å². The normalized spacial score (nSPS) is 18.6. The molecule has 4 nitrogen and oxygen atoms in total. The minimum Gasteiger partial charge on any atom is -0.367 e. The van der Waals surface area contributed by atoms with Gasteiger partial charge >= 0.3 is 0 Å². The van der Waals surface area contributed by atoms with Crippen LogP contribution in [0, 0.1) is 5.92 Å². The van der Waals surface area contributed by atoms with Crippen molar-refractivity contribution in [3.05, 3.63) is 23.9 Å². The van der Waals surface area contributed by atoms with Crippen molar-refractivity contribution < 1.29 is 4.79 Å². The molecule has 1 atom stereocenters. The third-order valence-corrected chi connectivity index (χ3v) is 4.24. The van der Waals surface area contributed by atoms with E-state index in [1.54, 1.807) is 6.20 Å². The van der Waals surface area contributed by atoms with Crippen LogP contribution in [0.3, 0.4) is 0 Å². The summed E-state index contributed by atoms with van der Waals surface area (Å²) in [5.41, 5.74) is 0.686. The van der Waals surface area contributed by atoms with Crippen molar-refractivity contribution in [3.8, 4) is 0 Å². The lowest BCUT2D eigenvalue weighted by molar-refractivity contribution is 0.0789. The van der Waals surface area contributed by atoms with Crippen molar-refractivity contribution in [2.75, 3.05) is 30.4 Å². The van der Waals surface area contributed by atoms with Gasteiger partial charge in [-0.3, -0.25) is 4.79 Å². The molecule has 0 radical (unpaired) electrons. The molecule has 2 rings (SSSR count). The first-order valence-corrected chi connectivity index (χ1v) is 8.51. The minimum atomic E-state index is 0.102. The molecule has 1 fully saturated rings. The maximum Gasteiger partial charge on any atom is 0.257 e. The number of pyridine rings is 1. The summed E-state index contributed by atoms with van der Waals surface area (Å²) in [7, 11) is 0. The van der Waals surface area contributed by atoms with E-state index >= 15 is 0 Å². The zero-order chi connectivity index (χ0) is 14.5. The van der Waals surface area contributed by atoms with Gasteiger partial charge in [0, 0.05) is 25.3 Å². The Morgan fingerprint density at radius 3 is 3.10 bits per heavy atom. The lowest BCUT2D eigenvalue weighted by Gasteiger charge is -2.19. The fourth-order valence-corrected chi connectivity index (χ4v) is 3.27. The van der Waals surface area contributed by atoms with Gasteiger partial charge in [0.25, 0.3) is 5.91 Å². The highest BCUT2D eigenvalue weighted by Gasteiger charge is 2.28. The quantitative estimate of drug-likeness (QED) is 0.906. The Balaban J connectivity index is 2.10. The maximum atomic E-state index is 12.6. The summed E-state index contributed by atoms with van der Waals surface area (Å²) in [6.45, 7) is 5.83. The van der Waals surface area contributed by atoms with E-state index in [2.05, 4.69) is 16.6 Å². The lowest BCUT2D eigenvalue weighted by atomic mass is 10.1. The van der Waals surface area contributed by atoms with Crippen molar-refractivity contribution in [2.45, 2.75) is 26.3 Å². The molecule has 2 heterocycles. The molecule has 0 aliphatic carbocycles. The van der Waals surface area contributed by atoms with Gasteiger partial charge in [0.05, 0.1) is 5.56 Å². The van der Waals surface area contributed by atoms with Crippen molar-refractivity contribution in [3.63, 3.8) is 0 Å². The van der Waals surface area contributed by atoms with Crippen LogP contribution in [-0.4, -0.2) is 46.9 Å². The number of nitrogens with one attached hydrogen (secondary N) is 1. The summed E-state index contributed by atoms with van der Waals surface area (Å²) < 4.78 is 0. The monoisotopic (exact) mass is 293 g/mol. The zero-order valence-corrected chi connectivity index (χ0v) is 13.2. The van der Waals surface area contributed by atoms with Gasteiger partial charge in [-0.05, 0) is 50.3 Å². The van der Waals surface area contributed by atoms with Crippen LogP contribution >= 0.6 is 11.8 Å². The van der Waals surface area contributed by atoms with Crippen LogP contribution in [0.1, 0.15) is 30.6 Å². The first-order chi connectivity index (χ1) is 9.61. The molecule has 0 spiro atoms. The molecule has 1 amide bonds. The van der Waals surface area contributed by atoms with Gasteiger partial charge in [0.1, 0.15) is 5.82 Å². The van der Waals surface area contributed by atoms with E-state index in [1.165, 1.54) is 0 Å². The number of anilines is 1. The van der Waals surface area contributed by atoms with E-state index in [-0.39, 0.29) is 11.9 Å². The molecule has 5 heteroatoms. The minimum absolute atomic E-state index is 0.102. The third kappa shape index (κ3) is 3.66. The average Bonchev–Trinajstić information content (AvgIpc) is 2.87. The molecule has 110 valence electrons. The second-order valence-corrected chi connectivity index (χ2v) is 6.47. The number of aromatic nitrogens is 1. The van der Waals surface area contributed by atoms with E-state index in [4.69, 9.17) is 0 Å². The van der Waals surface area contributed by atoms with Gasteiger partial charge in [-0.1, -0.05) is 0 Å². The summed E-state index contributed by atoms with van der Waals surface area (Å²) in [6.07, 6.45) is 4.96. The maximum absolute atomic E-state index is 12.6. The fraction of sp³-hybridized carbons (Fsp3) is 0.600. The summed E-state index contributed by atoms with van der Waals surface area (Å²) in [5.74, 6) is 2.56. The second kappa shape index (κ2) is 6.97. The fourth-order valence-electron chi connectivity index (χ4n) is 2.53. The highest BCUT2D eigenvalue weighted by atomic mass is 32.2. The van der Waals surface area contributed by atoms with Crippen LogP contribution < -0.4 is 5.32 Å². The van der Waals surface area contributed by atoms with Crippen molar-refractivity contribution in [1.82, 2.24) is 9.88 Å². The number of nitrogens with zero attached hydrogens (tertiary/aromatic N) is 2. The predicted molar refractivity (Wildman–Crippen MR) is 85.4 cm³/mol. The van der Waals surface area contributed by atoms with Gasteiger partial charge in [-0.15, -0.1) is 0 Å². The van der Waals surface area contributed by atoms with Crippen LogP contribution in [0.15, 0.2) is 18.3 Å². The van der Waals surface area contributed by atoms with Gasteiger partial charge in [-0.2, -0.15) is 11.8 Å². The third-order valence-electron chi connectivity index (χ3n) is 3.44. The van der Waals surface area contributed by atoms with Crippen molar-refractivity contribution in [2.24, 2.45) is 5.92 Å². The Kier molecular flexibility index (Phi) is 5.29. The van der Waals surface area contributed by atoms with Gasteiger partial charge < -0.3 is 10.2 Å². The topological polar surface area (TPSA) is 45.2 Å². The molecular weight excluding hydrogens is 270 g/mol. The summed E-state index contributed by atoms with van der Waals surface area (Å²) in [5, 5.41) is 3.25. The first kappa shape index (κ1) is 15.2. The van der Waals surface area contributed by atoms with Crippen molar-refractivity contribution in [1.29, 1.82) is 0 Å². The molecule has 0 saturated carbocycles. The van der Waals surface area contributed by atoms with Crippen LogP contribution in [0.4, 0.5) is 5.82 Å². The number of likely N-dealkylation sites (tertiary alicyclic amines) is 1. The standard InChI is InChI=1S/C15H23N3OS/c1-11(2)17-14-13(5-4-7-16-14)15(19)18-8-6-12(9-18)10-20-3/h4-5,7,11-12H,6,8-10H2,1-3H3,(H,16,17)/t12-/m1/s1. The largest absolute Gasteiger partial charge is 0.367 e. The Morgan fingerprint density at radius 1 is 1.60 bits per heavy atom. The smallest absolute Gasteiger partial charge is 0.257 e. The SMILES string of the molecule is CSC[C@@H]1CCN(C(=O)c2cccnc2NC(C)C)C1. The van der Waals surface area contributed by atoms with Crippen LogP contribution in [0.25, 0.3) is 0 Å².